The largest absolute Gasteiger partial charge is 0.368 e. The van der Waals surface area contributed by atoms with Gasteiger partial charge in [-0.25, -0.2) is 4.39 Å². The second kappa shape index (κ2) is 8.00. The topological polar surface area (TPSA) is 52.7 Å². The Balaban J connectivity index is 1.62. The molecule has 0 atom stereocenters. The average molecular weight is 383 g/mol. The van der Waals surface area contributed by atoms with Crippen molar-refractivity contribution in [1.29, 1.82) is 0 Å². The van der Waals surface area contributed by atoms with Crippen molar-refractivity contribution in [2.24, 2.45) is 5.41 Å². The van der Waals surface area contributed by atoms with Gasteiger partial charge in [0.05, 0.1) is 0 Å². The zero-order valence-corrected chi connectivity index (χ0v) is 16.5. The molecule has 3 rings (SSSR count). The lowest BCUT2D eigenvalue weighted by atomic mass is 9.89. The average Bonchev–Trinajstić information content (AvgIpc) is 2.67. The molecule has 0 aliphatic carbocycles. The monoisotopic (exact) mass is 383 g/mol. The van der Waals surface area contributed by atoms with E-state index < -0.39 is 17.1 Å². The van der Waals surface area contributed by atoms with Crippen LogP contribution in [0.4, 0.5) is 15.8 Å². The number of carbonyl (C=O) groups is 2. The molecule has 1 saturated heterocycles. The molecule has 0 unspecified atom stereocenters. The molecule has 5 nitrogen and oxygen atoms in total. The number of aryl methyl sites for hydroxylation is 1. The van der Waals surface area contributed by atoms with Gasteiger partial charge in [-0.15, -0.1) is 0 Å². The molecule has 2 aromatic carbocycles. The molecular weight excluding hydrogens is 357 g/mol. The van der Waals surface area contributed by atoms with Gasteiger partial charge < -0.3 is 15.1 Å². The number of rotatable bonds is 4. The van der Waals surface area contributed by atoms with E-state index in [9.17, 15) is 14.0 Å². The summed E-state index contributed by atoms with van der Waals surface area (Å²) in [5, 5.41) is 2.65. The van der Waals surface area contributed by atoms with Crippen molar-refractivity contribution in [2.45, 2.75) is 20.8 Å². The molecule has 1 heterocycles. The van der Waals surface area contributed by atoms with Gasteiger partial charge in [0.2, 0.25) is 11.8 Å². The fourth-order valence-electron chi connectivity index (χ4n) is 3.34. The number of benzene rings is 2. The Kier molecular flexibility index (Phi) is 5.68. The predicted molar refractivity (Wildman–Crippen MR) is 109 cm³/mol. The molecule has 148 valence electrons. The van der Waals surface area contributed by atoms with E-state index in [1.807, 2.05) is 6.07 Å². The van der Waals surface area contributed by atoms with Gasteiger partial charge in [0.25, 0.3) is 0 Å². The van der Waals surface area contributed by atoms with Crippen LogP contribution in [0.5, 0.6) is 0 Å². The first kappa shape index (κ1) is 19.9. The van der Waals surface area contributed by atoms with Crippen molar-refractivity contribution in [1.82, 2.24) is 4.90 Å². The van der Waals surface area contributed by atoms with Crippen LogP contribution in [0.3, 0.4) is 0 Å². The summed E-state index contributed by atoms with van der Waals surface area (Å²) in [6.07, 6.45) is 0. The molecule has 0 aromatic heterocycles. The van der Waals surface area contributed by atoms with Crippen molar-refractivity contribution in [3.8, 4) is 0 Å². The maximum Gasteiger partial charge on any atom is 0.239 e. The lowest BCUT2D eigenvalue weighted by Gasteiger charge is -2.39. The van der Waals surface area contributed by atoms with E-state index in [-0.39, 0.29) is 5.91 Å². The normalized spacial score (nSPS) is 14.7. The second-order valence-electron chi connectivity index (χ2n) is 7.71. The Morgan fingerprint density at radius 3 is 2.32 bits per heavy atom. The number of halogens is 1. The van der Waals surface area contributed by atoms with Crippen molar-refractivity contribution in [2.75, 3.05) is 36.4 Å². The Hall–Kier alpha value is -2.89. The van der Waals surface area contributed by atoms with Crippen molar-refractivity contribution < 1.29 is 14.0 Å². The highest BCUT2D eigenvalue weighted by atomic mass is 19.1. The number of hydrogen-bond donors (Lipinski definition) is 1. The Bertz CT molecular complexity index is 874. The molecule has 0 bridgehead atoms. The molecule has 1 aliphatic heterocycles. The quantitative estimate of drug-likeness (QED) is 0.823. The predicted octanol–water partition coefficient (Wildman–Crippen LogP) is 3.45. The molecule has 1 aliphatic rings. The van der Waals surface area contributed by atoms with E-state index in [4.69, 9.17) is 0 Å². The summed E-state index contributed by atoms with van der Waals surface area (Å²) in [5.74, 6) is -1.09. The van der Waals surface area contributed by atoms with Crippen molar-refractivity contribution in [3.05, 3.63) is 59.9 Å². The molecule has 0 spiro atoms. The summed E-state index contributed by atoms with van der Waals surface area (Å²) >= 11 is 0. The Labute approximate surface area is 165 Å². The number of nitrogens with zero attached hydrogens (tertiary/aromatic N) is 2. The van der Waals surface area contributed by atoms with Crippen LogP contribution in [0.2, 0.25) is 0 Å². The van der Waals surface area contributed by atoms with Crippen LogP contribution in [0.25, 0.3) is 0 Å². The first-order chi connectivity index (χ1) is 13.3. The summed E-state index contributed by atoms with van der Waals surface area (Å²) in [6.45, 7) is 7.83. The highest BCUT2D eigenvalue weighted by Gasteiger charge is 2.40. The number of piperazine rings is 1. The Morgan fingerprint density at radius 1 is 1.00 bits per heavy atom. The molecule has 6 heteroatoms. The second-order valence-corrected chi connectivity index (χ2v) is 7.71. The van der Waals surface area contributed by atoms with Crippen LogP contribution < -0.4 is 10.2 Å². The van der Waals surface area contributed by atoms with Crippen LogP contribution in [-0.4, -0.2) is 42.9 Å². The summed E-state index contributed by atoms with van der Waals surface area (Å²) in [5.41, 5.74) is 1.45. The fraction of sp³-hybridized carbons (Fsp3) is 0.364. The van der Waals surface area contributed by atoms with Crippen LogP contribution in [0, 0.1) is 18.2 Å². The lowest BCUT2D eigenvalue weighted by Crippen LogP contribution is -2.54. The minimum absolute atomic E-state index is 0.217. The summed E-state index contributed by atoms with van der Waals surface area (Å²) < 4.78 is 13.3. The van der Waals surface area contributed by atoms with E-state index in [1.54, 1.807) is 24.8 Å². The van der Waals surface area contributed by atoms with Gasteiger partial charge in [-0.05, 0) is 56.7 Å². The van der Waals surface area contributed by atoms with Crippen LogP contribution in [0.1, 0.15) is 19.4 Å². The molecule has 1 fully saturated rings. The summed E-state index contributed by atoms with van der Waals surface area (Å²) in [4.78, 5) is 29.6. The highest BCUT2D eigenvalue weighted by molar-refractivity contribution is 6.09. The standard InChI is InChI=1S/C22H26FN3O2/c1-16-6-4-9-19(14-16)25-10-12-26(13-11-25)21(28)22(2,3)20(27)24-18-8-5-7-17(23)15-18/h4-9,14-15H,10-13H2,1-3H3,(H,24,27). The number of nitrogens with one attached hydrogen (secondary N) is 1. The van der Waals surface area contributed by atoms with Crippen LogP contribution in [0.15, 0.2) is 48.5 Å². The maximum atomic E-state index is 13.3. The zero-order valence-electron chi connectivity index (χ0n) is 16.5. The number of anilines is 2. The smallest absolute Gasteiger partial charge is 0.239 e. The van der Waals surface area contributed by atoms with Crippen molar-refractivity contribution in [3.63, 3.8) is 0 Å². The highest BCUT2D eigenvalue weighted by Crippen LogP contribution is 2.24. The Morgan fingerprint density at radius 2 is 1.68 bits per heavy atom. The number of carbonyl (C=O) groups excluding carboxylic acids is 2. The van der Waals surface area contributed by atoms with E-state index in [1.165, 1.54) is 23.8 Å². The molecule has 2 amide bonds. The molecule has 0 saturated carbocycles. The molecule has 28 heavy (non-hydrogen) atoms. The minimum atomic E-state index is -1.24. The van der Waals surface area contributed by atoms with Gasteiger partial charge in [0.1, 0.15) is 11.2 Å². The zero-order chi connectivity index (χ0) is 20.3. The number of hydrogen-bond acceptors (Lipinski definition) is 3. The van der Waals surface area contributed by atoms with Gasteiger partial charge in [-0.2, -0.15) is 0 Å². The van der Waals surface area contributed by atoms with Gasteiger partial charge in [-0.1, -0.05) is 18.2 Å². The van der Waals surface area contributed by atoms with E-state index in [0.717, 1.165) is 18.8 Å². The third-order valence-corrected chi connectivity index (χ3v) is 5.12. The fourth-order valence-corrected chi connectivity index (χ4v) is 3.34. The summed E-state index contributed by atoms with van der Waals surface area (Å²) in [7, 11) is 0. The maximum absolute atomic E-state index is 13.3. The minimum Gasteiger partial charge on any atom is -0.368 e. The molecule has 2 aromatic rings. The van der Waals surface area contributed by atoms with Gasteiger partial charge in [-0.3, -0.25) is 9.59 Å². The van der Waals surface area contributed by atoms with E-state index in [0.29, 0.717) is 18.8 Å². The van der Waals surface area contributed by atoms with Gasteiger partial charge in [0, 0.05) is 37.6 Å². The van der Waals surface area contributed by atoms with E-state index >= 15 is 0 Å². The van der Waals surface area contributed by atoms with E-state index in [2.05, 4.69) is 35.3 Å². The molecule has 1 N–H and O–H groups in total. The first-order valence-corrected chi connectivity index (χ1v) is 9.45. The third-order valence-electron chi connectivity index (χ3n) is 5.12. The lowest BCUT2D eigenvalue weighted by molar-refractivity contribution is -0.146. The third kappa shape index (κ3) is 4.32. The van der Waals surface area contributed by atoms with Crippen molar-refractivity contribution >= 4 is 23.2 Å². The van der Waals surface area contributed by atoms with Crippen LogP contribution in [-0.2, 0) is 9.59 Å². The molecular formula is C22H26FN3O2. The van der Waals surface area contributed by atoms with Crippen LogP contribution >= 0.6 is 0 Å². The van der Waals surface area contributed by atoms with Gasteiger partial charge in [0.15, 0.2) is 0 Å². The first-order valence-electron chi connectivity index (χ1n) is 9.45. The molecule has 0 radical (unpaired) electrons. The number of amides is 2. The van der Waals surface area contributed by atoms with Gasteiger partial charge >= 0.3 is 0 Å². The summed E-state index contributed by atoms with van der Waals surface area (Å²) in [6, 6.07) is 13.9. The SMILES string of the molecule is Cc1cccc(N2CCN(C(=O)C(C)(C)C(=O)Nc3cccc(F)c3)CC2)c1.